The molecule has 0 aromatic heterocycles. The summed E-state index contributed by atoms with van der Waals surface area (Å²) < 4.78 is 12.1. The van der Waals surface area contributed by atoms with Crippen LogP contribution in [0.15, 0.2) is 90.1 Å². The van der Waals surface area contributed by atoms with Crippen LogP contribution in [0.1, 0.15) is 29.2 Å². The summed E-state index contributed by atoms with van der Waals surface area (Å²) in [5.41, 5.74) is 4.34. The summed E-state index contributed by atoms with van der Waals surface area (Å²) in [6.45, 7) is 6.61. The first-order valence-electron chi connectivity index (χ1n) is 10.9. The van der Waals surface area contributed by atoms with Crippen LogP contribution in [-0.2, 0) is 22.7 Å². The van der Waals surface area contributed by atoms with E-state index in [0.717, 1.165) is 22.3 Å². The highest BCUT2D eigenvalue weighted by atomic mass is 35.5. The number of ether oxygens (including phenoxy) is 2. The maximum absolute atomic E-state index is 12.4. The molecule has 6 heteroatoms. The molecule has 0 saturated heterocycles. The zero-order valence-corrected chi connectivity index (χ0v) is 19.5. The first kappa shape index (κ1) is 23.3. The van der Waals surface area contributed by atoms with E-state index in [1.165, 1.54) is 0 Å². The normalized spacial score (nSPS) is 14.0. The van der Waals surface area contributed by atoms with Crippen molar-refractivity contribution in [3.63, 3.8) is 0 Å². The first-order chi connectivity index (χ1) is 16.6. The largest absolute Gasteiger partial charge is 0.490 e. The number of hydrogen-bond acceptors (Lipinski definition) is 5. The molecule has 0 amide bonds. The van der Waals surface area contributed by atoms with Crippen molar-refractivity contribution in [1.29, 1.82) is 0 Å². The van der Waals surface area contributed by atoms with Gasteiger partial charge in [0.1, 0.15) is 12.3 Å². The summed E-state index contributed by atoms with van der Waals surface area (Å²) in [5.74, 6) is 0.738. The van der Waals surface area contributed by atoms with Crippen molar-refractivity contribution in [2.45, 2.75) is 20.0 Å². The predicted octanol–water partition coefficient (Wildman–Crippen LogP) is 6.39. The summed E-state index contributed by atoms with van der Waals surface area (Å²) >= 11 is 5.99. The fourth-order valence-electron chi connectivity index (χ4n) is 3.62. The molecule has 3 aromatic carbocycles. The Balaban J connectivity index is 1.70. The molecule has 4 rings (SSSR count). The van der Waals surface area contributed by atoms with E-state index < -0.39 is 5.97 Å². The standard InChI is InChI=1S/C28H24ClNO4/c1-3-8-22-15-20(16-24-26(30-34-28(24)31)21-9-6-5-7-10-21)17-25(32-4-2)27(22)33-18-19-11-13-23(29)14-12-19/h3,5-7,9-17H,1,4,8,18H2,2H3/b24-16-. The van der Waals surface area contributed by atoms with Crippen LogP contribution in [0.4, 0.5) is 0 Å². The SMILES string of the molecule is C=CCc1cc(/C=C2\C(=O)ON=C2c2ccccc2)cc(OCC)c1OCc1ccc(Cl)cc1. The Hall–Kier alpha value is -3.83. The second-order valence-corrected chi connectivity index (χ2v) is 8.03. The molecule has 3 aromatic rings. The predicted molar refractivity (Wildman–Crippen MR) is 134 cm³/mol. The minimum Gasteiger partial charge on any atom is -0.490 e. The lowest BCUT2D eigenvalue weighted by Crippen LogP contribution is -2.07. The Labute approximate surface area is 203 Å². The van der Waals surface area contributed by atoms with Gasteiger partial charge >= 0.3 is 5.97 Å². The molecule has 0 atom stereocenters. The van der Waals surface area contributed by atoms with Crippen molar-refractivity contribution in [3.8, 4) is 11.5 Å². The van der Waals surface area contributed by atoms with Crippen LogP contribution < -0.4 is 9.47 Å². The minimum absolute atomic E-state index is 0.360. The van der Waals surface area contributed by atoms with E-state index in [-0.39, 0.29) is 0 Å². The lowest BCUT2D eigenvalue weighted by Gasteiger charge is -2.17. The first-order valence-corrected chi connectivity index (χ1v) is 11.3. The van der Waals surface area contributed by atoms with E-state index in [1.807, 2.05) is 73.7 Å². The summed E-state index contributed by atoms with van der Waals surface area (Å²) in [6, 6.07) is 20.8. The monoisotopic (exact) mass is 473 g/mol. The number of rotatable bonds is 9. The van der Waals surface area contributed by atoms with Gasteiger partial charge in [0.05, 0.1) is 12.2 Å². The molecule has 5 nitrogen and oxygen atoms in total. The molecule has 0 aliphatic carbocycles. The third-order valence-electron chi connectivity index (χ3n) is 5.17. The zero-order valence-electron chi connectivity index (χ0n) is 18.8. The van der Waals surface area contributed by atoms with Crippen LogP contribution in [0.3, 0.4) is 0 Å². The van der Waals surface area contributed by atoms with E-state index in [2.05, 4.69) is 11.7 Å². The molecule has 0 spiro atoms. The Morgan fingerprint density at radius 2 is 1.82 bits per heavy atom. The highest BCUT2D eigenvalue weighted by Crippen LogP contribution is 2.36. The van der Waals surface area contributed by atoms with Gasteiger partial charge in [-0.25, -0.2) is 4.79 Å². The van der Waals surface area contributed by atoms with Gasteiger partial charge < -0.3 is 14.3 Å². The van der Waals surface area contributed by atoms with Crippen LogP contribution >= 0.6 is 11.6 Å². The Morgan fingerprint density at radius 3 is 2.53 bits per heavy atom. The summed E-state index contributed by atoms with van der Waals surface area (Å²) in [7, 11) is 0. The fraction of sp³-hybridized carbons (Fsp3) is 0.143. The van der Waals surface area contributed by atoms with Crippen molar-refractivity contribution in [3.05, 3.63) is 112 Å². The van der Waals surface area contributed by atoms with Gasteiger partial charge in [-0.15, -0.1) is 6.58 Å². The van der Waals surface area contributed by atoms with Crippen LogP contribution in [0.25, 0.3) is 6.08 Å². The van der Waals surface area contributed by atoms with E-state index in [0.29, 0.717) is 47.4 Å². The molecule has 1 heterocycles. The molecule has 0 radical (unpaired) electrons. The Kier molecular flexibility index (Phi) is 7.45. The average Bonchev–Trinajstić information content (AvgIpc) is 3.20. The number of allylic oxidation sites excluding steroid dienone is 1. The molecule has 0 fully saturated rings. The van der Waals surface area contributed by atoms with Gasteiger partial charge in [-0.05, 0) is 54.8 Å². The maximum atomic E-state index is 12.4. The second kappa shape index (κ2) is 10.9. The van der Waals surface area contributed by atoms with Crippen LogP contribution in [0.5, 0.6) is 11.5 Å². The number of nitrogens with zero attached hydrogens (tertiary/aromatic N) is 1. The van der Waals surface area contributed by atoms with Crippen molar-refractivity contribution < 1.29 is 19.1 Å². The van der Waals surface area contributed by atoms with Gasteiger partial charge in [0, 0.05) is 16.1 Å². The zero-order chi connectivity index (χ0) is 23.9. The Bertz CT molecular complexity index is 1250. The summed E-state index contributed by atoms with van der Waals surface area (Å²) in [5, 5.41) is 4.66. The third-order valence-corrected chi connectivity index (χ3v) is 5.42. The van der Waals surface area contributed by atoms with Crippen molar-refractivity contribution in [2.24, 2.45) is 5.16 Å². The lowest BCUT2D eigenvalue weighted by molar-refractivity contribution is -0.136. The third kappa shape index (κ3) is 5.38. The van der Waals surface area contributed by atoms with Crippen molar-refractivity contribution in [2.75, 3.05) is 6.61 Å². The average molecular weight is 474 g/mol. The van der Waals surface area contributed by atoms with E-state index in [9.17, 15) is 4.79 Å². The van der Waals surface area contributed by atoms with Gasteiger partial charge in [0.15, 0.2) is 11.5 Å². The van der Waals surface area contributed by atoms with Gasteiger partial charge in [-0.2, -0.15) is 0 Å². The molecule has 0 N–H and O–H groups in total. The highest BCUT2D eigenvalue weighted by Gasteiger charge is 2.27. The molecule has 1 aliphatic heterocycles. The van der Waals surface area contributed by atoms with Gasteiger partial charge in [-0.1, -0.05) is 65.3 Å². The summed E-state index contributed by atoms with van der Waals surface area (Å²) in [4.78, 5) is 17.4. The van der Waals surface area contributed by atoms with E-state index >= 15 is 0 Å². The molecule has 0 saturated carbocycles. The Morgan fingerprint density at radius 1 is 1.06 bits per heavy atom. The number of oxime groups is 1. The molecule has 0 bridgehead atoms. The number of halogens is 1. The van der Waals surface area contributed by atoms with Gasteiger partial charge in [0.25, 0.3) is 0 Å². The molecule has 172 valence electrons. The smallest absolute Gasteiger partial charge is 0.368 e. The van der Waals surface area contributed by atoms with Crippen molar-refractivity contribution >= 4 is 29.4 Å². The lowest BCUT2D eigenvalue weighted by atomic mass is 9.99. The quantitative estimate of drug-likeness (QED) is 0.205. The van der Waals surface area contributed by atoms with Crippen molar-refractivity contribution in [1.82, 2.24) is 0 Å². The number of carbonyl (C=O) groups is 1. The minimum atomic E-state index is -0.495. The van der Waals surface area contributed by atoms with Crippen LogP contribution in [0.2, 0.25) is 5.02 Å². The summed E-state index contributed by atoms with van der Waals surface area (Å²) in [6.07, 6.45) is 4.13. The van der Waals surface area contributed by atoms with E-state index in [1.54, 1.807) is 12.2 Å². The second-order valence-electron chi connectivity index (χ2n) is 7.59. The maximum Gasteiger partial charge on any atom is 0.368 e. The van der Waals surface area contributed by atoms with Gasteiger partial charge in [0.2, 0.25) is 0 Å². The molecular formula is C28H24ClNO4. The van der Waals surface area contributed by atoms with Crippen LogP contribution in [-0.4, -0.2) is 18.3 Å². The molecular weight excluding hydrogens is 450 g/mol. The highest BCUT2D eigenvalue weighted by molar-refractivity contribution is 6.31. The number of hydrogen-bond donors (Lipinski definition) is 0. The molecule has 0 unspecified atom stereocenters. The van der Waals surface area contributed by atoms with E-state index in [4.69, 9.17) is 25.9 Å². The molecule has 1 aliphatic rings. The number of benzene rings is 3. The topological polar surface area (TPSA) is 57.1 Å². The fourth-order valence-corrected chi connectivity index (χ4v) is 3.74. The van der Waals surface area contributed by atoms with Gasteiger partial charge in [-0.3, -0.25) is 0 Å². The molecule has 34 heavy (non-hydrogen) atoms. The number of carbonyl (C=O) groups excluding carboxylic acids is 1. The van der Waals surface area contributed by atoms with Crippen LogP contribution in [0, 0.1) is 0 Å².